The van der Waals surface area contributed by atoms with Gasteiger partial charge in [-0.25, -0.2) is 4.57 Å². The fourth-order valence-corrected chi connectivity index (χ4v) is 5.93. The van der Waals surface area contributed by atoms with E-state index in [-0.39, 0.29) is 19.4 Å². The summed E-state index contributed by atoms with van der Waals surface area (Å²) in [5.74, 6) is -1.03. The van der Waals surface area contributed by atoms with E-state index in [0.29, 0.717) is 19.3 Å². The van der Waals surface area contributed by atoms with Gasteiger partial charge in [-0.15, -0.1) is 0 Å². The van der Waals surface area contributed by atoms with Crippen LogP contribution in [0.15, 0.2) is 72.9 Å². The van der Waals surface area contributed by atoms with Crippen LogP contribution in [0.5, 0.6) is 0 Å². The first kappa shape index (κ1) is 52.4. The standard InChI is InChI=1S/C44H75O10P/c1-3-5-7-9-11-13-15-17-19-20-22-23-25-27-29-31-33-35-43(47)51-39-42(40-53-55(49,50)52-38-41(46)37-45)54-44(48)36-34-32-30-28-26-24-21-18-16-14-12-10-8-6-4-2/h6,8,12,14,18,21-23,26-29,41-42,45-46H,3-5,7,9-11,13,15-17,19-20,24-25,30-40H2,1-2H3,(H,49,50)/b8-6+,14-12+,21-18+,23-22+,28-26+,29-27+/t41-,42+/m0/s1. The third kappa shape index (κ3) is 39.4. The molecule has 3 N–H and O–H groups in total. The van der Waals surface area contributed by atoms with Crippen LogP contribution in [0.3, 0.4) is 0 Å². The van der Waals surface area contributed by atoms with Crippen LogP contribution in [0.1, 0.15) is 155 Å². The molecular formula is C44H75O10P. The normalized spacial score (nSPS) is 14.6. The molecule has 0 aromatic heterocycles. The van der Waals surface area contributed by atoms with Crippen molar-refractivity contribution in [1.82, 2.24) is 0 Å². The summed E-state index contributed by atoms with van der Waals surface area (Å²) in [6, 6.07) is 0. The molecule has 0 heterocycles. The van der Waals surface area contributed by atoms with Crippen LogP contribution in [-0.4, -0.2) is 65.7 Å². The van der Waals surface area contributed by atoms with Crippen LogP contribution in [-0.2, 0) is 32.7 Å². The van der Waals surface area contributed by atoms with Gasteiger partial charge in [-0.1, -0.05) is 138 Å². The van der Waals surface area contributed by atoms with E-state index in [9.17, 15) is 24.2 Å². The number of hydrogen-bond donors (Lipinski definition) is 3. The molecule has 55 heavy (non-hydrogen) atoms. The summed E-state index contributed by atoms with van der Waals surface area (Å²) >= 11 is 0. The summed E-state index contributed by atoms with van der Waals surface area (Å²) in [6.45, 7) is 2.15. The number of carbonyl (C=O) groups excluding carboxylic acids is 2. The predicted octanol–water partition coefficient (Wildman–Crippen LogP) is 10.9. The number of esters is 2. The van der Waals surface area contributed by atoms with Gasteiger partial charge >= 0.3 is 19.8 Å². The van der Waals surface area contributed by atoms with Gasteiger partial charge in [0.25, 0.3) is 0 Å². The summed E-state index contributed by atoms with van der Waals surface area (Å²) in [7, 11) is -4.64. The molecule has 0 aliphatic heterocycles. The molecule has 0 saturated heterocycles. The van der Waals surface area contributed by atoms with Gasteiger partial charge in [-0.3, -0.25) is 18.6 Å². The van der Waals surface area contributed by atoms with Crippen LogP contribution in [0.2, 0.25) is 0 Å². The minimum atomic E-state index is -4.64. The Balaban J connectivity index is 4.46. The molecule has 1 unspecified atom stereocenters. The van der Waals surface area contributed by atoms with Gasteiger partial charge < -0.3 is 24.6 Å². The quantitative estimate of drug-likeness (QED) is 0.0239. The van der Waals surface area contributed by atoms with Crippen molar-refractivity contribution in [2.24, 2.45) is 0 Å². The van der Waals surface area contributed by atoms with Crippen molar-refractivity contribution in [3.05, 3.63) is 72.9 Å². The van der Waals surface area contributed by atoms with Crippen LogP contribution in [0, 0.1) is 0 Å². The van der Waals surface area contributed by atoms with E-state index >= 15 is 0 Å². The monoisotopic (exact) mass is 795 g/mol. The van der Waals surface area contributed by atoms with Crippen LogP contribution in [0.25, 0.3) is 0 Å². The minimum absolute atomic E-state index is 0.120. The number of aliphatic hydroxyl groups excluding tert-OH is 2. The fourth-order valence-electron chi connectivity index (χ4n) is 5.14. The van der Waals surface area contributed by atoms with E-state index in [4.69, 9.17) is 19.1 Å². The molecule has 0 spiro atoms. The second-order valence-electron chi connectivity index (χ2n) is 13.6. The lowest BCUT2D eigenvalue weighted by atomic mass is 10.1. The molecule has 0 saturated carbocycles. The van der Waals surface area contributed by atoms with Crippen LogP contribution in [0.4, 0.5) is 0 Å². The number of ether oxygens (including phenoxy) is 2. The van der Waals surface area contributed by atoms with Gasteiger partial charge in [0.2, 0.25) is 0 Å². The molecule has 3 atom stereocenters. The minimum Gasteiger partial charge on any atom is -0.462 e. The van der Waals surface area contributed by atoms with Gasteiger partial charge in [-0.05, 0) is 77.0 Å². The van der Waals surface area contributed by atoms with E-state index in [2.05, 4.69) is 85.2 Å². The summed E-state index contributed by atoms with van der Waals surface area (Å²) in [5.41, 5.74) is 0. The molecule has 0 aromatic rings. The van der Waals surface area contributed by atoms with E-state index in [0.717, 1.165) is 51.4 Å². The molecule has 0 aliphatic rings. The Hall–Kier alpha value is -2.59. The largest absolute Gasteiger partial charge is 0.472 e. The lowest BCUT2D eigenvalue weighted by Gasteiger charge is -2.20. The Labute approximate surface area is 333 Å². The molecule has 11 heteroatoms. The Morgan fingerprint density at radius 1 is 0.564 bits per heavy atom. The summed E-state index contributed by atoms with van der Waals surface area (Å²) < 4.78 is 32.6. The average Bonchev–Trinajstić information content (AvgIpc) is 3.17. The Bertz CT molecular complexity index is 1140. The zero-order valence-corrected chi connectivity index (χ0v) is 35.0. The number of phosphoric ester groups is 1. The van der Waals surface area contributed by atoms with Crippen molar-refractivity contribution in [3.8, 4) is 0 Å². The number of unbranched alkanes of at least 4 members (excludes halogenated alkanes) is 12. The van der Waals surface area contributed by atoms with Gasteiger partial charge in [0.05, 0.1) is 19.8 Å². The number of aliphatic hydroxyl groups is 2. The Morgan fingerprint density at radius 3 is 1.56 bits per heavy atom. The molecule has 0 aliphatic carbocycles. The average molecular weight is 795 g/mol. The highest BCUT2D eigenvalue weighted by Gasteiger charge is 2.27. The van der Waals surface area contributed by atoms with Crippen molar-refractivity contribution < 1.29 is 47.8 Å². The predicted molar refractivity (Wildman–Crippen MR) is 223 cm³/mol. The molecular weight excluding hydrogens is 719 g/mol. The number of hydrogen-bond acceptors (Lipinski definition) is 9. The molecule has 0 aromatic carbocycles. The van der Waals surface area contributed by atoms with E-state index in [1.807, 2.05) is 6.08 Å². The van der Waals surface area contributed by atoms with E-state index < -0.39 is 51.8 Å². The maximum absolute atomic E-state index is 12.6. The second kappa shape index (κ2) is 39.6. The molecule has 0 rings (SSSR count). The van der Waals surface area contributed by atoms with Gasteiger partial charge in [0.15, 0.2) is 6.10 Å². The van der Waals surface area contributed by atoms with Crippen LogP contribution < -0.4 is 0 Å². The maximum Gasteiger partial charge on any atom is 0.472 e. The highest BCUT2D eigenvalue weighted by atomic mass is 31.2. The summed E-state index contributed by atoms with van der Waals surface area (Å²) in [4.78, 5) is 34.9. The highest BCUT2D eigenvalue weighted by molar-refractivity contribution is 7.47. The molecule has 0 fully saturated rings. The first-order valence-corrected chi connectivity index (χ1v) is 22.4. The number of allylic oxidation sites excluding steroid dienone is 12. The number of carbonyl (C=O) groups is 2. The van der Waals surface area contributed by atoms with Crippen molar-refractivity contribution in [3.63, 3.8) is 0 Å². The van der Waals surface area contributed by atoms with E-state index in [1.54, 1.807) is 0 Å². The first-order chi connectivity index (χ1) is 26.7. The third-order valence-electron chi connectivity index (χ3n) is 8.34. The molecule has 0 bridgehead atoms. The zero-order chi connectivity index (χ0) is 40.5. The number of phosphoric acid groups is 1. The lowest BCUT2D eigenvalue weighted by Crippen LogP contribution is -2.29. The Kier molecular flexibility index (Phi) is 37.8. The smallest absolute Gasteiger partial charge is 0.462 e. The SMILES string of the molecule is CC/C=C/C/C=C/C/C=C/C/C=C/CCCCC(=O)O[C@H](COC(=O)CCC/C=C/C/C=C/CCCCCCCCCCC)COP(=O)(O)OC[C@@H](O)CO. The second-order valence-corrected chi connectivity index (χ2v) is 15.1. The van der Waals surface area contributed by atoms with Gasteiger partial charge in [0.1, 0.15) is 12.7 Å². The van der Waals surface area contributed by atoms with Crippen molar-refractivity contribution in [2.75, 3.05) is 26.4 Å². The molecule has 316 valence electrons. The van der Waals surface area contributed by atoms with E-state index in [1.165, 1.54) is 57.8 Å². The first-order valence-electron chi connectivity index (χ1n) is 20.9. The fraction of sp³-hybridized carbons (Fsp3) is 0.682. The van der Waals surface area contributed by atoms with Crippen molar-refractivity contribution in [2.45, 2.75) is 167 Å². The lowest BCUT2D eigenvalue weighted by molar-refractivity contribution is -0.161. The maximum atomic E-state index is 12.6. The molecule has 0 radical (unpaired) electrons. The van der Waals surface area contributed by atoms with Gasteiger partial charge in [-0.2, -0.15) is 0 Å². The topological polar surface area (TPSA) is 149 Å². The summed E-state index contributed by atoms with van der Waals surface area (Å²) in [6.07, 6.45) is 44.6. The van der Waals surface area contributed by atoms with Crippen LogP contribution >= 0.6 is 7.82 Å². The van der Waals surface area contributed by atoms with Crippen molar-refractivity contribution >= 4 is 19.8 Å². The molecule has 10 nitrogen and oxygen atoms in total. The zero-order valence-electron chi connectivity index (χ0n) is 34.1. The number of rotatable bonds is 38. The third-order valence-corrected chi connectivity index (χ3v) is 9.30. The van der Waals surface area contributed by atoms with Gasteiger partial charge in [0, 0.05) is 12.8 Å². The summed E-state index contributed by atoms with van der Waals surface area (Å²) in [5, 5.41) is 18.3. The highest BCUT2D eigenvalue weighted by Crippen LogP contribution is 2.43. The molecule has 0 amide bonds. The van der Waals surface area contributed by atoms with Crippen molar-refractivity contribution in [1.29, 1.82) is 0 Å². The Morgan fingerprint density at radius 2 is 1.02 bits per heavy atom.